The fraction of sp³-hybridized carbons (Fsp3) is 1.00. The Kier molecular flexibility index (Phi) is 4.74. The maximum absolute atomic E-state index is 5.97. The van der Waals surface area contributed by atoms with Crippen molar-refractivity contribution >= 4 is 0 Å². The third-order valence-electron chi connectivity index (χ3n) is 2.78. The van der Waals surface area contributed by atoms with E-state index in [0.29, 0.717) is 12.1 Å². The van der Waals surface area contributed by atoms with Crippen LogP contribution in [0.2, 0.25) is 0 Å². The van der Waals surface area contributed by atoms with Crippen molar-refractivity contribution in [2.24, 2.45) is 11.7 Å². The van der Waals surface area contributed by atoms with Crippen molar-refractivity contribution in [1.29, 1.82) is 0 Å². The molecule has 1 aliphatic rings. The van der Waals surface area contributed by atoms with Crippen LogP contribution in [0, 0.1) is 5.92 Å². The van der Waals surface area contributed by atoms with Crippen LogP contribution < -0.4 is 5.73 Å². The third-order valence-corrected chi connectivity index (χ3v) is 2.78. The lowest BCUT2D eigenvalue weighted by molar-refractivity contribution is 0.0102. The minimum atomic E-state index is 0.293. The predicted octanol–water partition coefficient (Wildman–Crippen LogP) is 2.32. The second kappa shape index (κ2) is 5.61. The summed E-state index contributed by atoms with van der Waals surface area (Å²) >= 11 is 0. The van der Waals surface area contributed by atoms with Crippen LogP contribution in [0.4, 0.5) is 0 Å². The van der Waals surface area contributed by atoms with Gasteiger partial charge in [0, 0.05) is 12.6 Å². The lowest BCUT2D eigenvalue weighted by Crippen LogP contribution is -2.39. The molecule has 1 fully saturated rings. The van der Waals surface area contributed by atoms with Crippen LogP contribution in [-0.2, 0) is 4.74 Å². The number of ether oxygens (including phenoxy) is 1. The maximum Gasteiger partial charge on any atom is 0.0725 e. The van der Waals surface area contributed by atoms with Gasteiger partial charge in [0.2, 0.25) is 0 Å². The van der Waals surface area contributed by atoms with Gasteiger partial charge in [-0.05, 0) is 25.2 Å². The predicted molar refractivity (Wildman–Crippen MR) is 55.6 cm³/mol. The first-order valence-electron chi connectivity index (χ1n) is 5.57. The standard InChI is InChI=1S/C11H23NO/c1-9(2)7-8-13-11-6-4-3-5-10(11)12/h9-11H,3-8,12H2,1-2H3/t10-,11+/m1/s1. The smallest absolute Gasteiger partial charge is 0.0725 e. The molecule has 0 unspecified atom stereocenters. The molecule has 0 saturated heterocycles. The van der Waals surface area contributed by atoms with Crippen LogP contribution in [0.5, 0.6) is 0 Å². The van der Waals surface area contributed by atoms with Crippen LogP contribution >= 0.6 is 0 Å². The number of hydrogen-bond acceptors (Lipinski definition) is 2. The summed E-state index contributed by atoms with van der Waals surface area (Å²) in [6, 6.07) is 0.293. The SMILES string of the molecule is CC(C)CCO[C@H]1CCCC[C@H]1N. The van der Waals surface area contributed by atoms with Crippen LogP contribution in [0.25, 0.3) is 0 Å². The highest BCUT2D eigenvalue weighted by Crippen LogP contribution is 2.20. The molecule has 0 aromatic rings. The van der Waals surface area contributed by atoms with E-state index in [4.69, 9.17) is 10.5 Å². The molecule has 1 aliphatic carbocycles. The summed E-state index contributed by atoms with van der Waals surface area (Å²) in [7, 11) is 0. The fourth-order valence-electron chi connectivity index (χ4n) is 1.79. The summed E-state index contributed by atoms with van der Waals surface area (Å²) < 4.78 is 5.78. The molecular formula is C11H23NO. The third kappa shape index (κ3) is 4.10. The van der Waals surface area contributed by atoms with E-state index in [2.05, 4.69) is 13.8 Å². The number of nitrogens with two attached hydrogens (primary N) is 1. The first-order chi connectivity index (χ1) is 6.20. The maximum atomic E-state index is 5.97. The van der Waals surface area contributed by atoms with Gasteiger partial charge in [0.1, 0.15) is 0 Å². The Labute approximate surface area is 81.8 Å². The summed E-state index contributed by atoms with van der Waals surface area (Å²) in [4.78, 5) is 0. The van der Waals surface area contributed by atoms with E-state index in [1.54, 1.807) is 0 Å². The molecule has 0 bridgehead atoms. The van der Waals surface area contributed by atoms with E-state index in [9.17, 15) is 0 Å². The molecule has 0 aromatic carbocycles. The van der Waals surface area contributed by atoms with Crippen LogP contribution in [0.15, 0.2) is 0 Å². The van der Waals surface area contributed by atoms with E-state index < -0.39 is 0 Å². The molecule has 2 nitrogen and oxygen atoms in total. The topological polar surface area (TPSA) is 35.2 Å². The van der Waals surface area contributed by atoms with Crippen molar-refractivity contribution in [3.63, 3.8) is 0 Å². The summed E-state index contributed by atoms with van der Waals surface area (Å²) in [6.07, 6.45) is 6.38. The second-order valence-electron chi connectivity index (χ2n) is 4.54. The average Bonchev–Trinajstić information content (AvgIpc) is 2.08. The van der Waals surface area contributed by atoms with Crippen molar-refractivity contribution in [3.8, 4) is 0 Å². The quantitative estimate of drug-likeness (QED) is 0.729. The Morgan fingerprint density at radius 3 is 2.62 bits per heavy atom. The van der Waals surface area contributed by atoms with Gasteiger partial charge in [-0.2, -0.15) is 0 Å². The molecule has 2 heteroatoms. The minimum Gasteiger partial charge on any atom is -0.377 e. The molecule has 0 heterocycles. The van der Waals surface area contributed by atoms with Gasteiger partial charge in [0.25, 0.3) is 0 Å². The second-order valence-corrected chi connectivity index (χ2v) is 4.54. The van der Waals surface area contributed by atoms with Gasteiger partial charge < -0.3 is 10.5 Å². The van der Waals surface area contributed by atoms with Crippen LogP contribution in [0.1, 0.15) is 46.0 Å². The van der Waals surface area contributed by atoms with E-state index in [-0.39, 0.29) is 0 Å². The van der Waals surface area contributed by atoms with Crippen molar-refractivity contribution in [1.82, 2.24) is 0 Å². The number of hydrogen-bond donors (Lipinski definition) is 1. The molecule has 0 spiro atoms. The van der Waals surface area contributed by atoms with E-state index in [1.165, 1.54) is 19.3 Å². The van der Waals surface area contributed by atoms with Gasteiger partial charge in [-0.1, -0.05) is 26.7 Å². The van der Waals surface area contributed by atoms with Crippen LogP contribution in [0.3, 0.4) is 0 Å². The van der Waals surface area contributed by atoms with Crippen LogP contribution in [-0.4, -0.2) is 18.8 Å². The molecule has 2 N–H and O–H groups in total. The van der Waals surface area contributed by atoms with E-state index in [0.717, 1.165) is 25.4 Å². The monoisotopic (exact) mass is 185 g/mol. The Morgan fingerprint density at radius 1 is 1.31 bits per heavy atom. The van der Waals surface area contributed by atoms with Crippen molar-refractivity contribution in [3.05, 3.63) is 0 Å². The Balaban J connectivity index is 2.11. The Morgan fingerprint density at radius 2 is 2.00 bits per heavy atom. The molecule has 78 valence electrons. The number of rotatable bonds is 4. The summed E-state index contributed by atoms with van der Waals surface area (Å²) in [5.41, 5.74) is 5.97. The normalized spacial score (nSPS) is 29.5. The summed E-state index contributed by atoms with van der Waals surface area (Å²) in [6.45, 7) is 5.34. The highest BCUT2D eigenvalue weighted by Gasteiger charge is 2.21. The zero-order valence-corrected chi connectivity index (χ0v) is 8.96. The molecular weight excluding hydrogens is 162 g/mol. The summed E-state index contributed by atoms with van der Waals surface area (Å²) in [5, 5.41) is 0. The van der Waals surface area contributed by atoms with Gasteiger partial charge in [0.15, 0.2) is 0 Å². The molecule has 1 rings (SSSR count). The van der Waals surface area contributed by atoms with E-state index >= 15 is 0 Å². The Bertz CT molecular complexity index is 136. The molecule has 0 aliphatic heterocycles. The lowest BCUT2D eigenvalue weighted by atomic mass is 9.93. The summed E-state index contributed by atoms with van der Waals surface area (Å²) in [5.74, 6) is 0.736. The van der Waals surface area contributed by atoms with Gasteiger partial charge >= 0.3 is 0 Å². The van der Waals surface area contributed by atoms with Crippen molar-refractivity contribution < 1.29 is 4.74 Å². The highest BCUT2D eigenvalue weighted by molar-refractivity contribution is 4.78. The zero-order valence-electron chi connectivity index (χ0n) is 8.96. The molecule has 2 atom stereocenters. The van der Waals surface area contributed by atoms with E-state index in [1.807, 2.05) is 0 Å². The molecule has 0 amide bonds. The average molecular weight is 185 g/mol. The molecule has 0 aromatic heterocycles. The lowest BCUT2D eigenvalue weighted by Gasteiger charge is -2.28. The Hall–Kier alpha value is -0.0800. The van der Waals surface area contributed by atoms with Crippen molar-refractivity contribution in [2.45, 2.75) is 58.1 Å². The van der Waals surface area contributed by atoms with Gasteiger partial charge in [-0.15, -0.1) is 0 Å². The van der Waals surface area contributed by atoms with Gasteiger partial charge in [-0.25, -0.2) is 0 Å². The fourth-order valence-corrected chi connectivity index (χ4v) is 1.79. The van der Waals surface area contributed by atoms with Gasteiger partial charge in [0.05, 0.1) is 6.10 Å². The van der Waals surface area contributed by atoms with Gasteiger partial charge in [-0.3, -0.25) is 0 Å². The molecule has 0 radical (unpaired) electrons. The largest absolute Gasteiger partial charge is 0.377 e. The first kappa shape index (κ1) is 11.0. The molecule has 13 heavy (non-hydrogen) atoms. The zero-order chi connectivity index (χ0) is 9.68. The minimum absolute atomic E-state index is 0.293. The first-order valence-corrected chi connectivity index (χ1v) is 5.57. The highest BCUT2D eigenvalue weighted by atomic mass is 16.5. The van der Waals surface area contributed by atoms with Crippen molar-refractivity contribution in [2.75, 3.05) is 6.61 Å². The molecule has 1 saturated carbocycles.